The first-order valence-corrected chi connectivity index (χ1v) is 9.45. The fourth-order valence-corrected chi connectivity index (χ4v) is 3.18. The summed E-state index contributed by atoms with van der Waals surface area (Å²) < 4.78 is 5.13. The number of carbonyl (C=O) groups is 3. The van der Waals surface area contributed by atoms with Crippen LogP contribution in [0.3, 0.4) is 0 Å². The van der Waals surface area contributed by atoms with Gasteiger partial charge in [-0.1, -0.05) is 17.8 Å². The third-order valence-electron chi connectivity index (χ3n) is 4.10. The van der Waals surface area contributed by atoms with Gasteiger partial charge in [-0.05, 0) is 49.2 Å². The molecule has 0 aliphatic carbocycles. The Hall–Kier alpha value is -2.87. The number of esters is 1. The molecule has 0 atom stereocenters. The van der Waals surface area contributed by atoms with Gasteiger partial charge >= 0.3 is 5.97 Å². The van der Waals surface area contributed by atoms with E-state index in [0.717, 1.165) is 10.5 Å². The molecule has 0 saturated carbocycles. The van der Waals surface area contributed by atoms with Gasteiger partial charge in [-0.3, -0.25) is 9.59 Å². The van der Waals surface area contributed by atoms with Crippen LogP contribution in [0, 0.1) is 13.8 Å². The van der Waals surface area contributed by atoms with Crippen LogP contribution in [0.4, 0.5) is 0 Å². The normalized spacial score (nSPS) is 10.3. The maximum absolute atomic E-state index is 12.5. The lowest BCUT2D eigenvalue weighted by molar-refractivity contribution is -0.137. The number of carbonyl (C=O) groups excluding carboxylic acids is 3. The lowest BCUT2D eigenvalue weighted by atomic mass is 10.1. The average Bonchev–Trinajstić information content (AvgIpc) is 2.68. The second kappa shape index (κ2) is 9.89. The van der Waals surface area contributed by atoms with Crippen molar-refractivity contribution in [2.75, 3.05) is 27.2 Å². The Morgan fingerprint density at radius 1 is 1.18 bits per heavy atom. The van der Waals surface area contributed by atoms with Crippen molar-refractivity contribution in [3.63, 3.8) is 0 Å². The van der Waals surface area contributed by atoms with Gasteiger partial charge in [-0.25, -0.2) is 9.78 Å². The summed E-state index contributed by atoms with van der Waals surface area (Å²) in [5.74, 6) is -1.41. The third kappa shape index (κ3) is 5.82. The lowest BCUT2D eigenvalue weighted by Gasteiger charge is -2.16. The lowest BCUT2D eigenvalue weighted by Crippen LogP contribution is -2.39. The number of aromatic nitrogens is 1. The minimum Gasteiger partial charge on any atom is -0.452 e. The van der Waals surface area contributed by atoms with E-state index in [0.29, 0.717) is 5.03 Å². The molecule has 0 bridgehead atoms. The molecule has 1 N–H and O–H groups in total. The number of aryl methyl sites for hydroxylation is 2. The second-order valence-corrected chi connectivity index (χ2v) is 7.27. The number of ether oxygens (including phenoxy) is 1. The van der Waals surface area contributed by atoms with Crippen LogP contribution in [0.25, 0.3) is 0 Å². The Labute approximate surface area is 168 Å². The van der Waals surface area contributed by atoms with Crippen molar-refractivity contribution >= 4 is 29.5 Å². The van der Waals surface area contributed by atoms with Crippen LogP contribution in [0.15, 0.2) is 46.5 Å². The van der Waals surface area contributed by atoms with Crippen LogP contribution in [0.2, 0.25) is 0 Å². The molecule has 0 aliphatic rings. The van der Waals surface area contributed by atoms with E-state index >= 15 is 0 Å². The summed E-state index contributed by atoms with van der Waals surface area (Å²) in [7, 11) is 2.95. The van der Waals surface area contributed by atoms with Crippen LogP contribution in [0.5, 0.6) is 0 Å². The number of hydrogen-bond acceptors (Lipinski definition) is 6. The third-order valence-corrected chi connectivity index (χ3v) is 5.10. The van der Waals surface area contributed by atoms with Gasteiger partial charge in [-0.15, -0.1) is 0 Å². The SMILES string of the molecule is CNC(=O)CN(C)C(=O)COC(=O)c1cccnc1Sc1ccc(C)c(C)c1. The van der Waals surface area contributed by atoms with Crippen molar-refractivity contribution in [3.8, 4) is 0 Å². The number of amides is 2. The van der Waals surface area contributed by atoms with Crippen molar-refractivity contribution in [2.45, 2.75) is 23.8 Å². The van der Waals surface area contributed by atoms with Crippen LogP contribution in [0.1, 0.15) is 21.5 Å². The van der Waals surface area contributed by atoms with Crippen molar-refractivity contribution < 1.29 is 19.1 Å². The van der Waals surface area contributed by atoms with Crippen molar-refractivity contribution in [3.05, 3.63) is 53.2 Å². The molecule has 0 spiro atoms. The monoisotopic (exact) mass is 401 g/mol. The summed E-state index contributed by atoms with van der Waals surface area (Å²) in [6.45, 7) is 3.50. The highest BCUT2D eigenvalue weighted by molar-refractivity contribution is 7.99. The molecule has 0 saturated heterocycles. The standard InChI is InChI=1S/C20H23N3O4S/c1-13-7-8-15(10-14(13)2)28-19-16(6-5-9-22-19)20(26)27-12-18(25)23(4)11-17(24)21-3/h5-10H,11-12H2,1-4H3,(H,21,24). The molecule has 7 nitrogen and oxygen atoms in total. The van der Waals surface area contributed by atoms with Crippen molar-refractivity contribution in [1.82, 2.24) is 15.2 Å². The Morgan fingerprint density at radius 2 is 1.93 bits per heavy atom. The van der Waals surface area contributed by atoms with Gasteiger partial charge in [-0.2, -0.15) is 0 Å². The number of rotatable bonds is 7. The Balaban J connectivity index is 2.04. The largest absolute Gasteiger partial charge is 0.452 e. The summed E-state index contributed by atoms with van der Waals surface area (Å²) >= 11 is 1.36. The molecule has 1 aromatic carbocycles. The van der Waals surface area contributed by atoms with Gasteiger partial charge in [0.25, 0.3) is 5.91 Å². The molecule has 2 aromatic rings. The molecule has 148 valence electrons. The smallest absolute Gasteiger partial charge is 0.341 e. The molecule has 1 aromatic heterocycles. The highest BCUT2D eigenvalue weighted by atomic mass is 32.2. The molecular weight excluding hydrogens is 378 g/mol. The van der Waals surface area contributed by atoms with E-state index in [2.05, 4.69) is 10.3 Å². The summed E-state index contributed by atoms with van der Waals surface area (Å²) in [6, 6.07) is 9.26. The predicted molar refractivity (Wildman–Crippen MR) is 106 cm³/mol. The number of nitrogens with zero attached hydrogens (tertiary/aromatic N) is 2. The number of hydrogen-bond donors (Lipinski definition) is 1. The van der Waals surface area contributed by atoms with E-state index in [4.69, 9.17) is 4.74 Å². The van der Waals surface area contributed by atoms with Crippen LogP contribution < -0.4 is 5.32 Å². The van der Waals surface area contributed by atoms with Crippen molar-refractivity contribution in [1.29, 1.82) is 0 Å². The van der Waals surface area contributed by atoms with Gasteiger partial charge < -0.3 is 15.0 Å². The molecule has 0 radical (unpaired) electrons. The minimum absolute atomic E-state index is 0.104. The maximum Gasteiger partial charge on any atom is 0.341 e. The average molecular weight is 401 g/mol. The highest BCUT2D eigenvalue weighted by Gasteiger charge is 2.18. The van der Waals surface area contributed by atoms with Crippen LogP contribution in [-0.2, 0) is 14.3 Å². The molecule has 2 amide bonds. The van der Waals surface area contributed by atoms with Gasteiger partial charge in [0.05, 0.1) is 12.1 Å². The van der Waals surface area contributed by atoms with Crippen LogP contribution in [-0.4, -0.2) is 54.9 Å². The molecule has 0 aliphatic heterocycles. The molecule has 0 fully saturated rings. The first kappa shape index (κ1) is 21.4. The number of likely N-dealkylation sites (N-methyl/N-ethyl adjacent to an activating group) is 2. The fourth-order valence-electron chi connectivity index (χ4n) is 2.21. The fraction of sp³-hybridized carbons (Fsp3) is 0.300. The molecule has 2 rings (SSSR count). The summed E-state index contributed by atoms with van der Waals surface area (Å²) in [4.78, 5) is 42.2. The number of benzene rings is 1. The molecule has 28 heavy (non-hydrogen) atoms. The van der Waals surface area contributed by atoms with E-state index in [1.54, 1.807) is 18.3 Å². The summed E-state index contributed by atoms with van der Waals surface area (Å²) in [6.07, 6.45) is 1.60. The second-order valence-electron chi connectivity index (χ2n) is 6.20. The van der Waals surface area contributed by atoms with Crippen molar-refractivity contribution in [2.24, 2.45) is 0 Å². The molecule has 1 heterocycles. The zero-order chi connectivity index (χ0) is 20.7. The zero-order valence-corrected chi connectivity index (χ0v) is 17.1. The predicted octanol–water partition coefficient (Wildman–Crippen LogP) is 2.21. The summed E-state index contributed by atoms with van der Waals surface area (Å²) in [5, 5.41) is 2.93. The van der Waals surface area contributed by atoms with Gasteiger partial charge in [0, 0.05) is 25.2 Å². The van der Waals surface area contributed by atoms with Crippen LogP contribution >= 0.6 is 11.8 Å². The Bertz CT molecular complexity index is 886. The maximum atomic E-state index is 12.5. The first-order valence-electron chi connectivity index (χ1n) is 8.63. The minimum atomic E-state index is -0.638. The van der Waals surface area contributed by atoms with Gasteiger partial charge in [0.1, 0.15) is 5.03 Å². The highest BCUT2D eigenvalue weighted by Crippen LogP contribution is 2.30. The van der Waals surface area contributed by atoms with E-state index < -0.39 is 18.5 Å². The topological polar surface area (TPSA) is 88.6 Å². The zero-order valence-electron chi connectivity index (χ0n) is 16.3. The first-order chi connectivity index (χ1) is 13.3. The van der Waals surface area contributed by atoms with E-state index in [9.17, 15) is 14.4 Å². The van der Waals surface area contributed by atoms with E-state index in [-0.39, 0.29) is 18.0 Å². The van der Waals surface area contributed by atoms with Gasteiger partial charge in [0.15, 0.2) is 6.61 Å². The Kier molecular flexibility index (Phi) is 7.57. The van der Waals surface area contributed by atoms with Gasteiger partial charge in [0.2, 0.25) is 5.91 Å². The molecule has 8 heteroatoms. The molecule has 0 unspecified atom stereocenters. The number of pyridine rings is 1. The number of nitrogens with one attached hydrogen (secondary N) is 1. The van der Waals surface area contributed by atoms with E-state index in [1.807, 2.05) is 32.0 Å². The summed E-state index contributed by atoms with van der Waals surface area (Å²) in [5.41, 5.74) is 2.62. The molecular formula is C20H23N3O4S. The Morgan fingerprint density at radius 3 is 2.61 bits per heavy atom. The quantitative estimate of drug-likeness (QED) is 0.716. The van der Waals surface area contributed by atoms with E-state index in [1.165, 1.54) is 36.3 Å².